The van der Waals surface area contributed by atoms with Gasteiger partial charge in [0, 0.05) is 23.1 Å². The maximum atomic E-state index is 9.28. The highest BCUT2D eigenvalue weighted by Gasteiger charge is 2.19. The number of halogens is 1. The predicted molar refractivity (Wildman–Crippen MR) is 63.1 cm³/mol. The van der Waals surface area contributed by atoms with Crippen molar-refractivity contribution in [3.8, 4) is 0 Å². The van der Waals surface area contributed by atoms with E-state index in [4.69, 9.17) is 11.6 Å². The topological polar surface area (TPSA) is 83.5 Å². The Labute approximate surface area is 101 Å². The van der Waals surface area contributed by atoms with Gasteiger partial charge in [0.25, 0.3) is 0 Å². The van der Waals surface area contributed by atoms with Crippen LogP contribution in [0.1, 0.15) is 0 Å². The van der Waals surface area contributed by atoms with Crippen LogP contribution in [0.3, 0.4) is 0 Å². The highest BCUT2D eigenvalue weighted by Crippen LogP contribution is 2.16. The molecule has 0 saturated heterocycles. The van der Waals surface area contributed by atoms with Gasteiger partial charge in [-0.25, -0.2) is 14.5 Å². The summed E-state index contributed by atoms with van der Waals surface area (Å²) in [6.07, 6.45) is 2.89. The van der Waals surface area contributed by atoms with Crippen LogP contribution in [-0.4, -0.2) is 36.7 Å². The summed E-state index contributed by atoms with van der Waals surface area (Å²) in [6, 6.07) is 3.25. The molecule has 0 aromatic carbocycles. The molecule has 0 saturated carbocycles. The fourth-order valence-electron chi connectivity index (χ4n) is 1.76. The molecule has 0 atom stereocenters. The maximum absolute atomic E-state index is 9.28. The normalized spacial score (nSPS) is 11.2. The Morgan fingerprint density at radius 3 is 2.82 bits per heavy atom. The second-order valence-electron chi connectivity index (χ2n) is 3.53. The van der Waals surface area contributed by atoms with Gasteiger partial charge in [-0.2, -0.15) is 5.10 Å². The lowest BCUT2D eigenvalue weighted by Gasteiger charge is -2.06. The second kappa shape index (κ2) is 3.66. The first-order valence-corrected chi connectivity index (χ1v) is 5.18. The molecule has 3 aromatic heterocycles. The van der Waals surface area contributed by atoms with Crippen molar-refractivity contribution in [2.45, 2.75) is 0 Å². The molecule has 3 aromatic rings. The molecule has 0 unspecified atom stereocenters. The van der Waals surface area contributed by atoms with Crippen LogP contribution in [0, 0.1) is 0 Å². The van der Waals surface area contributed by atoms with Crippen LogP contribution < -0.4 is 5.46 Å². The average molecular weight is 248 g/mol. The van der Waals surface area contributed by atoms with Crippen LogP contribution in [0.5, 0.6) is 0 Å². The Hall–Kier alpha value is -1.70. The van der Waals surface area contributed by atoms with E-state index in [1.165, 1.54) is 10.8 Å². The van der Waals surface area contributed by atoms with Crippen molar-refractivity contribution in [1.82, 2.24) is 19.6 Å². The summed E-state index contributed by atoms with van der Waals surface area (Å²) >= 11 is 5.82. The quantitative estimate of drug-likeness (QED) is 0.453. The van der Waals surface area contributed by atoms with Gasteiger partial charge in [0.05, 0.1) is 5.52 Å². The van der Waals surface area contributed by atoms with E-state index in [-0.39, 0.29) is 5.46 Å². The molecule has 3 heterocycles. The van der Waals surface area contributed by atoms with Crippen LogP contribution >= 0.6 is 11.6 Å². The molecule has 0 aliphatic carbocycles. The standard InChI is InChI=1S/C9H6BClN4O2/c11-8-2-7-5(3-12-8)1-6(10(16)17)9-13-4-14-15(7)9/h1-4,16-17H. The summed E-state index contributed by atoms with van der Waals surface area (Å²) in [4.78, 5) is 7.93. The van der Waals surface area contributed by atoms with E-state index >= 15 is 0 Å². The van der Waals surface area contributed by atoms with E-state index in [9.17, 15) is 10.0 Å². The second-order valence-corrected chi connectivity index (χ2v) is 3.92. The van der Waals surface area contributed by atoms with Crippen molar-refractivity contribution in [2.24, 2.45) is 0 Å². The number of pyridine rings is 2. The lowest BCUT2D eigenvalue weighted by Crippen LogP contribution is -2.32. The molecule has 0 aliphatic heterocycles. The molecule has 6 nitrogen and oxygen atoms in total. The van der Waals surface area contributed by atoms with Gasteiger partial charge >= 0.3 is 7.12 Å². The van der Waals surface area contributed by atoms with E-state index < -0.39 is 7.12 Å². The third-order valence-corrected chi connectivity index (χ3v) is 2.71. The van der Waals surface area contributed by atoms with E-state index in [2.05, 4.69) is 15.1 Å². The van der Waals surface area contributed by atoms with E-state index in [1.54, 1.807) is 18.3 Å². The van der Waals surface area contributed by atoms with Crippen molar-refractivity contribution in [3.63, 3.8) is 0 Å². The zero-order chi connectivity index (χ0) is 12.0. The van der Waals surface area contributed by atoms with Crippen molar-refractivity contribution in [3.05, 3.63) is 29.8 Å². The first-order valence-electron chi connectivity index (χ1n) is 4.81. The van der Waals surface area contributed by atoms with E-state index in [0.717, 1.165) is 0 Å². The molecule has 0 aliphatic rings. The Kier molecular flexibility index (Phi) is 2.25. The minimum atomic E-state index is -1.61. The van der Waals surface area contributed by atoms with Crippen molar-refractivity contribution >= 4 is 40.7 Å². The summed E-state index contributed by atoms with van der Waals surface area (Å²) in [6.45, 7) is 0. The van der Waals surface area contributed by atoms with Crippen LogP contribution in [0.2, 0.25) is 5.15 Å². The Bertz CT molecular complexity index is 715. The number of hydrogen-bond donors (Lipinski definition) is 2. The summed E-state index contributed by atoms with van der Waals surface area (Å²) in [5, 5.41) is 23.6. The van der Waals surface area contributed by atoms with E-state index in [0.29, 0.717) is 21.7 Å². The minimum Gasteiger partial charge on any atom is -0.423 e. The van der Waals surface area contributed by atoms with Gasteiger partial charge in [0.15, 0.2) is 5.65 Å². The van der Waals surface area contributed by atoms with Crippen LogP contribution in [-0.2, 0) is 0 Å². The fourth-order valence-corrected chi connectivity index (χ4v) is 1.91. The lowest BCUT2D eigenvalue weighted by molar-refractivity contribution is 0.426. The van der Waals surface area contributed by atoms with E-state index in [1.807, 2.05) is 0 Å². The third-order valence-electron chi connectivity index (χ3n) is 2.50. The molecule has 84 valence electrons. The van der Waals surface area contributed by atoms with Crippen LogP contribution in [0.15, 0.2) is 24.7 Å². The van der Waals surface area contributed by atoms with Crippen molar-refractivity contribution in [2.75, 3.05) is 0 Å². The smallest absolute Gasteiger partial charge is 0.423 e. The Morgan fingerprint density at radius 1 is 1.24 bits per heavy atom. The van der Waals surface area contributed by atoms with Crippen molar-refractivity contribution < 1.29 is 10.0 Å². The molecule has 3 rings (SSSR count). The first-order chi connectivity index (χ1) is 8.16. The number of aromatic nitrogens is 4. The molecule has 0 bridgehead atoms. The molecule has 2 N–H and O–H groups in total. The summed E-state index contributed by atoms with van der Waals surface area (Å²) in [7, 11) is -1.61. The monoisotopic (exact) mass is 248 g/mol. The first kappa shape index (κ1) is 10.5. The van der Waals surface area contributed by atoms with Gasteiger partial charge in [-0.15, -0.1) is 0 Å². The van der Waals surface area contributed by atoms with Gasteiger partial charge in [-0.3, -0.25) is 0 Å². The molecule has 0 fully saturated rings. The van der Waals surface area contributed by atoms with Crippen molar-refractivity contribution in [1.29, 1.82) is 0 Å². The molecular formula is C9H6BClN4O2. The number of rotatable bonds is 1. The minimum absolute atomic E-state index is 0.277. The third kappa shape index (κ3) is 1.56. The highest BCUT2D eigenvalue weighted by molar-refractivity contribution is 6.61. The Balaban J connectivity index is 2.51. The summed E-state index contributed by atoms with van der Waals surface area (Å²) in [5.74, 6) is 0. The van der Waals surface area contributed by atoms with Gasteiger partial charge < -0.3 is 10.0 Å². The molecule has 0 radical (unpaired) electrons. The summed E-state index contributed by atoms with van der Waals surface area (Å²) < 4.78 is 1.50. The van der Waals surface area contributed by atoms with Crippen LogP contribution in [0.25, 0.3) is 16.6 Å². The van der Waals surface area contributed by atoms with Gasteiger partial charge in [0.2, 0.25) is 0 Å². The SMILES string of the molecule is OB(O)c1cc2cnc(Cl)cc2n2ncnc12. The molecule has 17 heavy (non-hydrogen) atoms. The molecule has 0 amide bonds. The number of hydrogen-bond acceptors (Lipinski definition) is 5. The fraction of sp³-hybridized carbons (Fsp3) is 0. The highest BCUT2D eigenvalue weighted by atomic mass is 35.5. The number of nitrogens with zero attached hydrogens (tertiary/aromatic N) is 4. The number of fused-ring (bicyclic) bond motifs is 3. The molecule has 8 heteroatoms. The average Bonchev–Trinajstić information content (AvgIpc) is 2.76. The predicted octanol–water partition coefficient (Wildman–Crippen LogP) is -0.389. The maximum Gasteiger partial charge on any atom is 0.492 e. The Morgan fingerprint density at radius 2 is 2.06 bits per heavy atom. The summed E-state index contributed by atoms with van der Waals surface area (Å²) in [5.41, 5.74) is 1.37. The van der Waals surface area contributed by atoms with Gasteiger partial charge in [0.1, 0.15) is 11.5 Å². The van der Waals surface area contributed by atoms with Crippen LogP contribution in [0.4, 0.5) is 0 Å². The largest absolute Gasteiger partial charge is 0.492 e. The molecule has 0 spiro atoms. The zero-order valence-corrected chi connectivity index (χ0v) is 9.20. The molecular weight excluding hydrogens is 242 g/mol. The van der Waals surface area contributed by atoms with Gasteiger partial charge in [-0.05, 0) is 6.07 Å². The van der Waals surface area contributed by atoms with Gasteiger partial charge in [-0.1, -0.05) is 11.6 Å². The lowest BCUT2D eigenvalue weighted by atomic mass is 9.80. The zero-order valence-electron chi connectivity index (χ0n) is 8.45.